The lowest BCUT2D eigenvalue weighted by Gasteiger charge is -2.34. The summed E-state index contributed by atoms with van der Waals surface area (Å²) in [6, 6.07) is 0. The number of esters is 1. The molecule has 0 amide bonds. The average molecular weight is 282 g/mol. The van der Waals surface area contributed by atoms with Gasteiger partial charge in [0.15, 0.2) is 0 Å². The highest BCUT2D eigenvalue weighted by atomic mass is 16.5. The summed E-state index contributed by atoms with van der Waals surface area (Å²) in [5, 5.41) is 6.90. The second-order valence-corrected chi connectivity index (χ2v) is 5.31. The van der Waals surface area contributed by atoms with Crippen LogP contribution in [0.15, 0.2) is 5.11 Å². The molecule has 6 nitrogen and oxygen atoms in total. The fourth-order valence-corrected chi connectivity index (χ4v) is 2.75. The Labute approximate surface area is 120 Å². The van der Waals surface area contributed by atoms with Crippen LogP contribution in [0.2, 0.25) is 0 Å². The maximum absolute atomic E-state index is 12.3. The lowest BCUT2D eigenvalue weighted by atomic mass is 9.83. The van der Waals surface area contributed by atoms with E-state index < -0.39 is 5.54 Å². The number of azide groups is 1. The van der Waals surface area contributed by atoms with Crippen LogP contribution in [0.4, 0.5) is 0 Å². The molecule has 1 aliphatic rings. The Morgan fingerprint density at radius 3 is 2.55 bits per heavy atom. The monoisotopic (exact) mass is 282 g/mol. The molecule has 0 aromatic carbocycles. The maximum Gasteiger partial charge on any atom is 0.326 e. The summed E-state index contributed by atoms with van der Waals surface area (Å²) in [5.74, 6) is -0.120. The molecule has 0 radical (unpaired) electrons. The van der Waals surface area contributed by atoms with Crippen LogP contribution in [-0.2, 0) is 9.53 Å². The summed E-state index contributed by atoms with van der Waals surface area (Å²) >= 11 is 0. The molecule has 1 rings (SSSR count). The third-order valence-electron chi connectivity index (χ3n) is 3.83. The van der Waals surface area contributed by atoms with Crippen molar-refractivity contribution in [3.63, 3.8) is 0 Å². The molecule has 1 N–H and O–H groups in total. The van der Waals surface area contributed by atoms with E-state index in [2.05, 4.69) is 15.3 Å². The summed E-state index contributed by atoms with van der Waals surface area (Å²) < 4.78 is 5.28. The van der Waals surface area contributed by atoms with Gasteiger partial charge in [-0.15, -0.1) is 0 Å². The number of nitrogens with zero attached hydrogens (tertiary/aromatic N) is 3. The van der Waals surface area contributed by atoms with Crippen molar-refractivity contribution >= 4 is 5.97 Å². The molecule has 114 valence electrons. The van der Waals surface area contributed by atoms with Crippen LogP contribution in [0, 0.1) is 0 Å². The van der Waals surface area contributed by atoms with Crippen LogP contribution in [0.3, 0.4) is 0 Å². The molecule has 1 aliphatic carbocycles. The van der Waals surface area contributed by atoms with Gasteiger partial charge in [-0.3, -0.25) is 4.79 Å². The van der Waals surface area contributed by atoms with Crippen LogP contribution in [-0.4, -0.2) is 31.2 Å². The van der Waals surface area contributed by atoms with E-state index in [0.29, 0.717) is 19.7 Å². The normalized spacial score (nSPS) is 18.4. The number of ether oxygens (including phenoxy) is 1. The number of hydrogen-bond donors (Lipinski definition) is 1. The molecule has 0 spiro atoms. The zero-order chi connectivity index (χ0) is 14.7. The third kappa shape index (κ3) is 5.39. The molecule has 1 fully saturated rings. The van der Waals surface area contributed by atoms with E-state index in [1.54, 1.807) is 0 Å². The van der Waals surface area contributed by atoms with Crippen molar-refractivity contribution < 1.29 is 9.53 Å². The average Bonchev–Trinajstić information content (AvgIpc) is 2.41. The summed E-state index contributed by atoms with van der Waals surface area (Å²) in [7, 11) is 0. The molecule has 0 atom stereocenters. The molecule has 0 saturated heterocycles. The molecular weight excluding hydrogens is 256 g/mol. The minimum atomic E-state index is -0.535. The van der Waals surface area contributed by atoms with E-state index in [-0.39, 0.29) is 5.97 Å². The SMILES string of the molecule is CCOC(=O)C1(NCCCN=[N+]=[N-])CCCCCCC1. The fourth-order valence-electron chi connectivity index (χ4n) is 2.75. The van der Waals surface area contributed by atoms with E-state index in [4.69, 9.17) is 10.3 Å². The number of carbonyl (C=O) groups is 1. The van der Waals surface area contributed by atoms with E-state index in [9.17, 15) is 4.79 Å². The van der Waals surface area contributed by atoms with Gasteiger partial charge in [0.1, 0.15) is 5.54 Å². The molecule has 0 aromatic rings. The summed E-state index contributed by atoms with van der Waals surface area (Å²) in [5.41, 5.74) is 7.72. The van der Waals surface area contributed by atoms with E-state index >= 15 is 0 Å². The summed E-state index contributed by atoms with van der Waals surface area (Å²) in [4.78, 5) is 15.1. The number of carbonyl (C=O) groups excluding carboxylic acids is 1. The second kappa shape index (κ2) is 9.61. The van der Waals surface area contributed by atoms with Gasteiger partial charge in [0, 0.05) is 11.5 Å². The Hall–Kier alpha value is -1.26. The van der Waals surface area contributed by atoms with Gasteiger partial charge < -0.3 is 10.1 Å². The van der Waals surface area contributed by atoms with Crippen molar-refractivity contribution in [2.75, 3.05) is 19.7 Å². The first-order chi connectivity index (χ1) is 9.75. The largest absolute Gasteiger partial charge is 0.465 e. The van der Waals surface area contributed by atoms with Gasteiger partial charge >= 0.3 is 5.97 Å². The van der Waals surface area contributed by atoms with Crippen molar-refractivity contribution in [3.05, 3.63) is 10.4 Å². The quantitative estimate of drug-likeness (QED) is 0.255. The highest BCUT2D eigenvalue weighted by Crippen LogP contribution is 2.27. The van der Waals surface area contributed by atoms with Crippen molar-refractivity contribution in [3.8, 4) is 0 Å². The fraction of sp³-hybridized carbons (Fsp3) is 0.929. The third-order valence-corrected chi connectivity index (χ3v) is 3.83. The maximum atomic E-state index is 12.3. The van der Waals surface area contributed by atoms with E-state index in [1.165, 1.54) is 19.3 Å². The van der Waals surface area contributed by atoms with Crippen LogP contribution >= 0.6 is 0 Å². The lowest BCUT2D eigenvalue weighted by molar-refractivity contribution is -0.152. The van der Waals surface area contributed by atoms with Crippen molar-refractivity contribution in [1.82, 2.24) is 5.32 Å². The Balaban J connectivity index is 2.60. The van der Waals surface area contributed by atoms with Gasteiger partial charge in [-0.25, -0.2) is 0 Å². The van der Waals surface area contributed by atoms with Gasteiger partial charge in [-0.1, -0.05) is 37.2 Å². The summed E-state index contributed by atoms with van der Waals surface area (Å²) in [6.07, 6.45) is 8.16. The molecule has 0 aromatic heterocycles. The zero-order valence-electron chi connectivity index (χ0n) is 12.4. The van der Waals surface area contributed by atoms with Gasteiger partial charge in [-0.2, -0.15) is 0 Å². The van der Waals surface area contributed by atoms with Gasteiger partial charge in [-0.05, 0) is 38.3 Å². The first kappa shape index (κ1) is 16.8. The van der Waals surface area contributed by atoms with Gasteiger partial charge in [0.25, 0.3) is 0 Å². The standard InChI is InChI=1S/C14H26N4O2/c1-2-20-13(19)14(16-11-8-12-17-18-15)9-6-4-3-5-7-10-14/h16H,2-12H2,1H3. The molecule has 1 saturated carbocycles. The topological polar surface area (TPSA) is 87.1 Å². The first-order valence-electron chi connectivity index (χ1n) is 7.68. The van der Waals surface area contributed by atoms with Gasteiger partial charge in [0.05, 0.1) is 6.61 Å². The number of rotatable bonds is 7. The Kier molecular flexibility index (Phi) is 8.07. The predicted octanol–water partition coefficient (Wildman–Crippen LogP) is 3.32. The predicted molar refractivity (Wildman–Crippen MR) is 78.3 cm³/mol. The van der Waals surface area contributed by atoms with Crippen molar-refractivity contribution in [2.24, 2.45) is 5.11 Å². The molecule has 0 unspecified atom stereocenters. The van der Waals surface area contributed by atoms with Crippen LogP contribution < -0.4 is 5.32 Å². The Bertz CT molecular complexity index is 332. The van der Waals surface area contributed by atoms with Crippen LogP contribution in [0.25, 0.3) is 10.4 Å². The second-order valence-electron chi connectivity index (χ2n) is 5.31. The highest BCUT2D eigenvalue weighted by Gasteiger charge is 2.38. The minimum absolute atomic E-state index is 0.120. The van der Waals surface area contributed by atoms with E-state index in [1.807, 2.05) is 6.92 Å². The highest BCUT2D eigenvalue weighted by molar-refractivity contribution is 5.80. The molecular formula is C14H26N4O2. The van der Waals surface area contributed by atoms with Crippen molar-refractivity contribution in [1.29, 1.82) is 0 Å². The van der Waals surface area contributed by atoms with E-state index in [0.717, 1.165) is 32.1 Å². The Morgan fingerprint density at radius 2 is 1.95 bits per heavy atom. The molecule has 0 bridgehead atoms. The smallest absolute Gasteiger partial charge is 0.326 e. The molecule has 0 heterocycles. The molecule has 20 heavy (non-hydrogen) atoms. The Morgan fingerprint density at radius 1 is 1.30 bits per heavy atom. The molecule has 6 heteroatoms. The van der Waals surface area contributed by atoms with Crippen molar-refractivity contribution in [2.45, 2.75) is 63.8 Å². The summed E-state index contributed by atoms with van der Waals surface area (Å²) in [6.45, 7) is 3.40. The first-order valence-corrected chi connectivity index (χ1v) is 7.68. The number of nitrogens with one attached hydrogen (secondary N) is 1. The lowest BCUT2D eigenvalue weighted by Crippen LogP contribution is -2.53. The minimum Gasteiger partial charge on any atom is -0.465 e. The molecule has 0 aliphatic heterocycles. The zero-order valence-corrected chi connectivity index (χ0v) is 12.4. The van der Waals surface area contributed by atoms with Gasteiger partial charge in [0.2, 0.25) is 0 Å². The van der Waals surface area contributed by atoms with Crippen LogP contribution in [0.5, 0.6) is 0 Å². The number of hydrogen-bond acceptors (Lipinski definition) is 4. The van der Waals surface area contributed by atoms with Crippen LogP contribution in [0.1, 0.15) is 58.3 Å².